The molecule has 0 fully saturated rings. The summed E-state index contributed by atoms with van der Waals surface area (Å²) in [6, 6.07) is -0.0630. The van der Waals surface area contributed by atoms with Gasteiger partial charge in [0.15, 0.2) is 0 Å². The second-order valence-corrected chi connectivity index (χ2v) is 7.61. The lowest BCUT2D eigenvalue weighted by atomic mass is 9.86. The zero-order chi connectivity index (χ0) is 14.4. The van der Waals surface area contributed by atoms with Crippen molar-refractivity contribution in [1.82, 2.24) is 5.32 Å². The summed E-state index contributed by atoms with van der Waals surface area (Å²) in [4.78, 5) is 0. The monoisotopic (exact) mass is 279 g/mol. The molecule has 0 aromatic heterocycles. The number of hydrogen-bond donors (Lipinski definition) is 3. The fourth-order valence-corrected chi connectivity index (χ4v) is 2.68. The molecule has 0 saturated carbocycles. The molecule has 4 N–H and O–H groups in total. The first-order valence-electron chi connectivity index (χ1n) is 5.97. The summed E-state index contributed by atoms with van der Waals surface area (Å²) in [7, 11) is -2.94. The Hall–Kier alpha value is -0.820. The van der Waals surface area contributed by atoms with Crippen molar-refractivity contribution in [2.45, 2.75) is 39.7 Å². The van der Waals surface area contributed by atoms with Gasteiger partial charge in [0.2, 0.25) is 0 Å². The molecule has 0 heterocycles. The highest BCUT2D eigenvalue weighted by atomic mass is 32.2. The number of rotatable bonds is 8. The number of oxime groups is 1. The lowest BCUT2D eigenvalue weighted by molar-refractivity contribution is 0.304. The molecular weight excluding hydrogens is 254 g/mol. The minimum Gasteiger partial charge on any atom is -0.409 e. The standard InChI is InChI=1S/C11H25N3O3S/c1-9(8-18(4,16)17)13-7-5-6-11(2,3)10(12)14-15/h9,13,15H,5-8H2,1-4H3,(H2,12,14). The van der Waals surface area contributed by atoms with E-state index in [2.05, 4.69) is 10.5 Å². The van der Waals surface area contributed by atoms with E-state index in [4.69, 9.17) is 10.9 Å². The second-order valence-electron chi connectivity index (χ2n) is 5.42. The minimum atomic E-state index is -2.94. The maximum Gasteiger partial charge on any atom is 0.148 e. The van der Waals surface area contributed by atoms with Gasteiger partial charge in [-0.05, 0) is 26.3 Å². The number of sulfone groups is 1. The molecule has 0 rings (SSSR count). The van der Waals surface area contributed by atoms with Crippen LogP contribution in [-0.4, -0.2) is 44.1 Å². The maximum absolute atomic E-state index is 11.1. The third-order valence-electron chi connectivity index (χ3n) is 2.83. The van der Waals surface area contributed by atoms with Gasteiger partial charge in [0.05, 0.1) is 5.75 Å². The summed E-state index contributed by atoms with van der Waals surface area (Å²) in [5.74, 6) is 0.350. The van der Waals surface area contributed by atoms with E-state index in [0.29, 0.717) is 6.54 Å². The van der Waals surface area contributed by atoms with Crippen LogP contribution in [0.15, 0.2) is 5.16 Å². The number of hydrogen-bond acceptors (Lipinski definition) is 5. The van der Waals surface area contributed by atoms with Crippen molar-refractivity contribution in [3.63, 3.8) is 0 Å². The Morgan fingerprint density at radius 3 is 2.50 bits per heavy atom. The first-order valence-corrected chi connectivity index (χ1v) is 8.03. The van der Waals surface area contributed by atoms with E-state index in [-0.39, 0.29) is 23.0 Å². The normalized spacial score (nSPS) is 15.7. The van der Waals surface area contributed by atoms with Crippen LogP contribution in [0.5, 0.6) is 0 Å². The molecule has 0 aromatic carbocycles. The lowest BCUT2D eigenvalue weighted by Crippen LogP contribution is -2.35. The van der Waals surface area contributed by atoms with Crippen LogP contribution in [0, 0.1) is 5.41 Å². The van der Waals surface area contributed by atoms with Gasteiger partial charge in [-0.2, -0.15) is 0 Å². The third-order valence-corrected chi connectivity index (χ3v) is 3.93. The van der Waals surface area contributed by atoms with Crippen LogP contribution in [0.1, 0.15) is 33.6 Å². The first-order chi connectivity index (χ1) is 8.08. The van der Waals surface area contributed by atoms with E-state index >= 15 is 0 Å². The average molecular weight is 279 g/mol. The van der Waals surface area contributed by atoms with E-state index in [1.165, 1.54) is 6.26 Å². The molecule has 0 aliphatic rings. The zero-order valence-corrected chi connectivity index (χ0v) is 12.4. The van der Waals surface area contributed by atoms with Gasteiger partial charge in [0.25, 0.3) is 0 Å². The van der Waals surface area contributed by atoms with Gasteiger partial charge in [-0.1, -0.05) is 19.0 Å². The highest BCUT2D eigenvalue weighted by Crippen LogP contribution is 2.21. The minimum absolute atomic E-state index is 0.0630. The molecular formula is C11H25N3O3S. The fraction of sp³-hybridized carbons (Fsp3) is 0.909. The molecule has 108 valence electrons. The molecule has 0 radical (unpaired) electrons. The van der Waals surface area contributed by atoms with Crippen LogP contribution >= 0.6 is 0 Å². The summed E-state index contributed by atoms with van der Waals surface area (Å²) >= 11 is 0. The Morgan fingerprint density at radius 1 is 1.50 bits per heavy atom. The van der Waals surface area contributed by atoms with Crippen LogP contribution < -0.4 is 11.1 Å². The van der Waals surface area contributed by atoms with Gasteiger partial charge < -0.3 is 16.3 Å². The number of amidine groups is 1. The van der Waals surface area contributed by atoms with Gasteiger partial charge in [-0.15, -0.1) is 0 Å². The van der Waals surface area contributed by atoms with Crippen LogP contribution in [0.25, 0.3) is 0 Å². The Balaban J connectivity index is 3.94. The topological polar surface area (TPSA) is 105 Å². The lowest BCUT2D eigenvalue weighted by Gasteiger charge is -2.23. The van der Waals surface area contributed by atoms with E-state index in [1.54, 1.807) is 0 Å². The van der Waals surface area contributed by atoms with Crippen molar-refractivity contribution in [3.8, 4) is 0 Å². The predicted molar refractivity (Wildman–Crippen MR) is 73.6 cm³/mol. The molecule has 0 aliphatic carbocycles. The van der Waals surface area contributed by atoms with Gasteiger partial charge in [-0.25, -0.2) is 8.42 Å². The molecule has 0 aromatic rings. The summed E-state index contributed by atoms with van der Waals surface area (Å²) in [6.07, 6.45) is 2.82. The van der Waals surface area contributed by atoms with Crippen molar-refractivity contribution in [3.05, 3.63) is 0 Å². The van der Waals surface area contributed by atoms with Crippen LogP contribution in [0.4, 0.5) is 0 Å². The fourth-order valence-electron chi connectivity index (χ4n) is 1.66. The maximum atomic E-state index is 11.1. The highest BCUT2D eigenvalue weighted by Gasteiger charge is 2.22. The van der Waals surface area contributed by atoms with Crippen molar-refractivity contribution in [2.24, 2.45) is 16.3 Å². The predicted octanol–water partition coefficient (Wildman–Crippen LogP) is 0.562. The van der Waals surface area contributed by atoms with E-state index in [9.17, 15) is 8.42 Å². The molecule has 0 bridgehead atoms. The molecule has 0 spiro atoms. The van der Waals surface area contributed by atoms with E-state index in [1.807, 2.05) is 20.8 Å². The SMILES string of the molecule is CC(CS(C)(=O)=O)NCCCC(C)(C)C(N)=NO. The van der Waals surface area contributed by atoms with Crippen LogP contribution in [0.2, 0.25) is 0 Å². The molecule has 6 nitrogen and oxygen atoms in total. The Morgan fingerprint density at radius 2 is 2.06 bits per heavy atom. The quantitative estimate of drug-likeness (QED) is 0.198. The van der Waals surface area contributed by atoms with Gasteiger partial charge in [-0.3, -0.25) is 0 Å². The Kier molecular flexibility index (Phi) is 6.62. The van der Waals surface area contributed by atoms with Crippen LogP contribution in [0.3, 0.4) is 0 Å². The number of nitrogens with two attached hydrogens (primary N) is 1. The van der Waals surface area contributed by atoms with Gasteiger partial charge >= 0.3 is 0 Å². The molecule has 0 amide bonds. The zero-order valence-electron chi connectivity index (χ0n) is 11.6. The Labute approximate surface area is 110 Å². The van der Waals surface area contributed by atoms with E-state index < -0.39 is 9.84 Å². The summed E-state index contributed by atoms with van der Waals surface area (Å²) < 4.78 is 22.1. The first kappa shape index (κ1) is 17.2. The highest BCUT2D eigenvalue weighted by molar-refractivity contribution is 7.90. The number of nitrogens with zero attached hydrogens (tertiary/aromatic N) is 1. The molecule has 18 heavy (non-hydrogen) atoms. The van der Waals surface area contributed by atoms with Crippen LogP contribution in [-0.2, 0) is 9.84 Å². The van der Waals surface area contributed by atoms with Crippen molar-refractivity contribution in [2.75, 3.05) is 18.6 Å². The summed E-state index contributed by atoms with van der Waals surface area (Å²) in [5, 5.41) is 14.8. The van der Waals surface area contributed by atoms with Gasteiger partial charge in [0.1, 0.15) is 15.7 Å². The molecule has 0 saturated heterocycles. The summed E-state index contributed by atoms with van der Waals surface area (Å²) in [5.41, 5.74) is 5.23. The molecule has 7 heteroatoms. The van der Waals surface area contributed by atoms with Crippen molar-refractivity contribution >= 4 is 15.7 Å². The largest absolute Gasteiger partial charge is 0.409 e. The molecule has 0 aliphatic heterocycles. The summed E-state index contributed by atoms with van der Waals surface area (Å²) in [6.45, 7) is 6.36. The number of nitrogens with one attached hydrogen (secondary N) is 1. The van der Waals surface area contributed by atoms with E-state index in [0.717, 1.165) is 12.8 Å². The molecule has 1 atom stereocenters. The van der Waals surface area contributed by atoms with Gasteiger partial charge in [0, 0.05) is 17.7 Å². The Bertz CT molecular complexity index is 377. The smallest absolute Gasteiger partial charge is 0.148 e. The third kappa shape index (κ3) is 7.50. The average Bonchev–Trinajstić information content (AvgIpc) is 2.20. The van der Waals surface area contributed by atoms with Crippen molar-refractivity contribution < 1.29 is 13.6 Å². The second kappa shape index (κ2) is 6.94. The van der Waals surface area contributed by atoms with Crippen molar-refractivity contribution in [1.29, 1.82) is 0 Å². The molecule has 1 unspecified atom stereocenters.